The van der Waals surface area contributed by atoms with Gasteiger partial charge in [0.2, 0.25) is 0 Å². The highest BCUT2D eigenvalue weighted by Crippen LogP contribution is 2.27. The highest BCUT2D eigenvalue weighted by molar-refractivity contribution is 5.84. The summed E-state index contributed by atoms with van der Waals surface area (Å²) in [6, 6.07) is 9.86. The molecule has 0 N–H and O–H groups in total. The lowest BCUT2D eigenvalue weighted by Gasteiger charge is -2.33. The lowest BCUT2D eigenvalue weighted by molar-refractivity contribution is 0.0128. The van der Waals surface area contributed by atoms with Gasteiger partial charge in [0.1, 0.15) is 17.5 Å². The Kier molecular flexibility index (Phi) is 4.60. The topological polar surface area (TPSA) is 51.7 Å². The maximum atomic E-state index is 12.1. The van der Waals surface area contributed by atoms with Crippen LogP contribution in [0.5, 0.6) is 5.75 Å². The molecule has 5 heteroatoms. The summed E-state index contributed by atoms with van der Waals surface area (Å²) in [4.78, 5) is 18.2. The second-order valence-corrected chi connectivity index (χ2v) is 7.11. The number of likely N-dealkylation sites (tertiary alicyclic amines) is 1. The predicted octanol–water partition coefficient (Wildman–Crippen LogP) is 4.01. The first kappa shape index (κ1) is 16.6. The van der Waals surface area contributed by atoms with Crippen molar-refractivity contribution in [2.75, 3.05) is 13.1 Å². The van der Waals surface area contributed by atoms with Gasteiger partial charge in [0.15, 0.2) is 0 Å². The molecule has 1 amide bonds. The Morgan fingerprint density at radius 3 is 2.58 bits per heavy atom. The molecule has 1 fully saturated rings. The van der Waals surface area contributed by atoms with Crippen LogP contribution < -0.4 is 4.74 Å². The Balaban J connectivity index is 1.60. The molecule has 0 saturated carbocycles. The van der Waals surface area contributed by atoms with Gasteiger partial charge in [0, 0.05) is 37.5 Å². The molecule has 0 spiro atoms. The van der Waals surface area contributed by atoms with Crippen LogP contribution in [-0.2, 0) is 4.74 Å². The van der Waals surface area contributed by atoms with Gasteiger partial charge in [0.05, 0.1) is 5.52 Å². The Hall–Kier alpha value is -2.30. The van der Waals surface area contributed by atoms with Crippen LogP contribution >= 0.6 is 0 Å². The van der Waals surface area contributed by atoms with Crippen molar-refractivity contribution < 1.29 is 14.3 Å². The molecule has 1 aliphatic heterocycles. The summed E-state index contributed by atoms with van der Waals surface area (Å²) in [6.45, 7) is 6.96. The van der Waals surface area contributed by atoms with Gasteiger partial charge in [-0.25, -0.2) is 4.79 Å². The Morgan fingerprint density at radius 1 is 1.17 bits per heavy atom. The van der Waals surface area contributed by atoms with Gasteiger partial charge in [-0.15, -0.1) is 0 Å². The number of carbonyl (C=O) groups excluding carboxylic acids is 1. The Labute approximate surface area is 142 Å². The molecule has 5 nitrogen and oxygen atoms in total. The van der Waals surface area contributed by atoms with E-state index in [4.69, 9.17) is 9.47 Å². The minimum absolute atomic E-state index is 0.106. The van der Waals surface area contributed by atoms with Crippen LogP contribution in [-0.4, -0.2) is 40.8 Å². The molecule has 1 aliphatic rings. The Morgan fingerprint density at radius 2 is 1.88 bits per heavy atom. The number of pyridine rings is 1. The summed E-state index contributed by atoms with van der Waals surface area (Å²) in [6.07, 6.45) is 3.24. The van der Waals surface area contributed by atoms with Crippen molar-refractivity contribution in [1.82, 2.24) is 9.88 Å². The molecule has 0 atom stereocenters. The van der Waals surface area contributed by atoms with Gasteiger partial charge < -0.3 is 14.4 Å². The number of fused-ring (bicyclic) bond motifs is 1. The normalized spacial score (nSPS) is 16.2. The third-order valence-electron chi connectivity index (χ3n) is 4.00. The molecule has 3 rings (SSSR count). The third-order valence-corrected chi connectivity index (χ3v) is 4.00. The van der Waals surface area contributed by atoms with Gasteiger partial charge in [0.25, 0.3) is 0 Å². The average molecular weight is 328 g/mol. The first-order valence-electron chi connectivity index (χ1n) is 8.41. The van der Waals surface area contributed by atoms with Crippen LogP contribution in [0.1, 0.15) is 33.6 Å². The molecule has 1 aromatic carbocycles. The van der Waals surface area contributed by atoms with Gasteiger partial charge in [-0.2, -0.15) is 0 Å². The number of benzene rings is 1. The zero-order valence-corrected chi connectivity index (χ0v) is 14.5. The second-order valence-electron chi connectivity index (χ2n) is 7.11. The molecule has 0 aliphatic carbocycles. The van der Waals surface area contributed by atoms with Crippen LogP contribution in [0.15, 0.2) is 36.5 Å². The number of nitrogens with zero attached hydrogens (tertiary/aromatic N) is 2. The lowest BCUT2D eigenvalue weighted by Crippen LogP contribution is -2.44. The van der Waals surface area contributed by atoms with Crippen LogP contribution in [0.2, 0.25) is 0 Å². The number of carbonyl (C=O) groups is 1. The summed E-state index contributed by atoms with van der Waals surface area (Å²) < 4.78 is 11.6. The summed E-state index contributed by atoms with van der Waals surface area (Å²) in [5.74, 6) is 0.858. The number of ether oxygens (including phenoxy) is 2. The van der Waals surface area contributed by atoms with Gasteiger partial charge in [-0.1, -0.05) is 12.1 Å². The lowest BCUT2D eigenvalue weighted by atomic mass is 10.1. The summed E-state index contributed by atoms with van der Waals surface area (Å²) >= 11 is 0. The van der Waals surface area contributed by atoms with Gasteiger partial charge in [-0.3, -0.25) is 4.98 Å². The maximum absolute atomic E-state index is 12.1. The molecule has 0 unspecified atom stereocenters. The van der Waals surface area contributed by atoms with Crippen molar-refractivity contribution in [2.45, 2.75) is 45.3 Å². The van der Waals surface area contributed by atoms with E-state index in [1.165, 1.54) is 0 Å². The third kappa shape index (κ3) is 3.96. The fourth-order valence-electron chi connectivity index (χ4n) is 2.83. The molecule has 0 bridgehead atoms. The number of amides is 1. The van der Waals surface area contributed by atoms with Crippen molar-refractivity contribution in [2.24, 2.45) is 0 Å². The first-order valence-corrected chi connectivity index (χ1v) is 8.41. The molecule has 2 heterocycles. The van der Waals surface area contributed by atoms with E-state index in [0.29, 0.717) is 13.1 Å². The number of hydrogen-bond donors (Lipinski definition) is 0. The van der Waals surface area contributed by atoms with Gasteiger partial charge >= 0.3 is 6.09 Å². The van der Waals surface area contributed by atoms with E-state index in [0.717, 1.165) is 29.5 Å². The molecule has 128 valence electrons. The Bertz CT molecular complexity index is 711. The summed E-state index contributed by atoms with van der Waals surface area (Å²) in [7, 11) is 0. The minimum atomic E-state index is -0.458. The minimum Gasteiger partial charge on any atom is -0.490 e. The van der Waals surface area contributed by atoms with E-state index in [1.807, 2.05) is 51.1 Å². The quantitative estimate of drug-likeness (QED) is 0.836. The molecular weight excluding hydrogens is 304 g/mol. The van der Waals surface area contributed by atoms with Crippen molar-refractivity contribution in [3.63, 3.8) is 0 Å². The molecule has 0 radical (unpaired) electrons. The van der Waals surface area contributed by atoms with E-state index < -0.39 is 5.60 Å². The first-order chi connectivity index (χ1) is 11.4. The second kappa shape index (κ2) is 6.67. The molecule has 1 saturated heterocycles. The van der Waals surface area contributed by atoms with Crippen LogP contribution in [0, 0.1) is 0 Å². The monoisotopic (exact) mass is 328 g/mol. The van der Waals surface area contributed by atoms with E-state index in [-0.39, 0.29) is 12.2 Å². The maximum Gasteiger partial charge on any atom is 0.410 e. The van der Waals surface area contributed by atoms with Crippen molar-refractivity contribution >= 4 is 17.0 Å². The SMILES string of the molecule is CC(C)(C)OC(=O)N1CCC(Oc2ccnc3ccccc23)CC1. The number of rotatable bonds is 2. The van der Waals surface area contributed by atoms with Crippen LogP contribution in [0.4, 0.5) is 4.79 Å². The van der Waals surface area contributed by atoms with E-state index >= 15 is 0 Å². The fourth-order valence-corrected chi connectivity index (χ4v) is 2.83. The average Bonchev–Trinajstić information content (AvgIpc) is 2.54. The zero-order chi connectivity index (χ0) is 17.2. The zero-order valence-electron chi connectivity index (χ0n) is 14.5. The van der Waals surface area contributed by atoms with E-state index in [1.54, 1.807) is 11.1 Å². The smallest absolute Gasteiger partial charge is 0.410 e. The highest BCUT2D eigenvalue weighted by atomic mass is 16.6. The number of piperidine rings is 1. The summed E-state index contributed by atoms with van der Waals surface area (Å²) in [5.41, 5.74) is 0.474. The number of hydrogen-bond acceptors (Lipinski definition) is 4. The molecule has 24 heavy (non-hydrogen) atoms. The van der Waals surface area contributed by atoms with Crippen LogP contribution in [0.3, 0.4) is 0 Å². The van der Waals surface area contributed by atoms with E-state index in [9.17, 15) is 4.79 Å². The number of aromatic nitrogens is 1. The predicted molar refractivity (Wildman–Crippen MR) is 93.2 cm³/mol. The molecule has 1 aromatic heterocycles. The van der Waals surface area contributed by atoms with E-state index in [2.05, 4.69) is 4.98 Å². The van der Waals surface area contributed by atoms with Crippen LogP contribution in [0.25, 0.3) is 10.9 Å². The van der Waals surface area contributed by atoms with Crippen molar-refractivity contribution in [1.29, 1.82) is 0 Å². The molecular formula is C19H24N2O3. The highest BCUT2D eigenvalue weighted by Gasteiger charge is 2.27. The largest absolute Gasteiger partial charge is 0.490 e. The summed E-state index contributed by atoms with van der Waals surface area (Å²) in [5, 5.41) is 1.02. The standard InChI is InChI=1S/C19H24N2O3/c1-19(2,3)24-18(22)21-12-9-14(10-13-21)23-17-8-11-20-16-7-5-4-6-15(16)17/h4-8,11,14H,9-10,12-13H2,1-3H3. The van der Waals surface area contributed by atoms with Crippen molar-refractivity contribution in [3.05, 3.63) is 36.5 Å². The molecule has 2 aromatic rings. The van der Waals surface area contributed by atoms with Crippen molar-refractivity contribution in [3.8, 4) is 5.75 Å². The number of para-hydroxylation sites is 1. The van der Waals surface area contributed by atoms with Gasteiger partial charge in [-0.05, 0) is 39.0 Å². The fraction of sp³-hybridized carbons (Fsp3) is 0.474.